The van der Waals surface area contributed by atoms with E-state index in [9.17, 15) is 13.8 Å². The topological polar surface area (TPSA) is 83.5 Å². The van der Waals surface area contributed by atoms with Crippen LogP contribution in [0.5, 0.6) is 0 Å². The van der Waals surface area contributed by atoms with Crippen LogP contribution in [-0.2, 0) is 20.4 Å². The predicted octanol–water partition coefficient (Wildman–Crippen LogP) is 1.15. The molecule has 0 heterocycles. The maximum atomic E-state index is 12.2. The second-order valence-electron chi connectivity index (χ2n) is 5.53. The fraction of sp³-hybridized carbons (Fsp3) is 0.846. The van der Waals surface area contributed by atoms with E-state index in [1.54, 1.807) is 0 Å². The van der Waals surface area contributed by atoms with Crippen LogP contribution < -0.4 is 5.32 Å². The smallest absolute Gasteiger partial charge is 0.327 e. The third kappa shape index (κ3) is 4.93. The molecule has 1 amide bonds. The van der Waals surface area contributed by atoms with Gasteiger partial charge in [0.05, 0.1) is 5.75 Å². The highest BCUT2D eigenvalue weighted by molar-refractivity contribution is 7.85. The minimum absolute atomic E-state index is 0.000676. The second kappa shape index (κ2) is 7.03. The summed E-state index contributed by atoms with van der Waals surface area (Å²) in [7, 11) is -1.20. The molecular formula is C13H23NO4S. The van der Waals surface area contributed by atoms with Crippen molar-refractivity contribution in [1.29, 1.82) is 0 Å². The molecule has 6 heteroatoms. The highest BCUT2D eigenvalue weighted by Crippen LogP contribution is 2.32. The van der Waals surface area contributed by atoms with Crippen LogP contribution in [0.1, 0.15) is 40.0 Å². The van der Waals surface area contributed by atoms with Crippen molar-refractivity contribution in [1.82, 2.24) is 5.32 Å². The molecule has 19 heavy (non-hydrogen) atoms. The molecule has 4 unspecified atom stereocenters. The van der Waals surface area contributed by atoms with E-state index >= 15 is 0 Å². The van der Waals surface area contributed by atoms with Gasteiger partial charge in [-0.05, 0) is 31.1 Å². The largest absolute Gasteiger partial charge is 0.480 e. The zero-order valence-corrected chi connectivity index (χ0v) is 12.5. The Labute approximate surface area is 116 Å². The summed E-state index contributed by atoms with van der Waals surface area (Å²) in [5.41, 5.74) is 0. The Morgan fingerprint density at radius 2 is 1.95 bits per heavy atom. The molecular weight excluding hydrogens is 266 g/mol. The van der Waals surface area contributed by atoms with E-state index in [0.29, 0.717) is 11.8 Å². The lowest BCUT2D eigenvalue weighted by atomic mass is 9.81. The van der Waals surface area contributed by atoms with Crippen molar-refractivity contribution in [3.05, 3.63) is 0 Å². The van der Waals surface area contributed by atoms with E-state index in [1.807, 2.05) is 0 Å². The van der Waals surface area contributed by atoms with Gasteiger partial charge in [0.2, 0.25) is 5.91 Å². The van der Waals surface area contributed by atoms with Gasteiger partial charge in [-0.25, -0.2) is 4.79 Å². The van der Waals surface area contributed by atoms with E-state index < -0.39 is 28.7 Å². The summed E-state index contributed by atoms with van der Waals surface area (Å²) in [5.74, 6) is -0.373. The highest BCUT2D eigenvalue weighted by atomic mass is 32.2. The normalized spacial score (nSPS) is 30.4. The molecule has 2 N–H and O–H groups in total. The van der Waals surface area contributed by atoms with Crippen LogP contribution in [0.4, 0.5) is 0 Å². The number of carboxylic acids is 1. The van der Waals surface area contributed by atoms with E-state index in [4.69, 9.17) is 5.11 Å². The molecule has 1 saturated carbocycles. The standard InChI is InChI=1S/C13H23NO4S/c1-8-4-5-11(6-9(8)2)19(18)7-12(13(16)17)14-10(3)15/h8-9,11-12H,4-7H2,1-3H3,(H,14,15)(H,16,17)/t8?,9?,11?,12-,19?/m0/s1. The van der Waals surface area contributed by atoms with Crippen molar-refractivity contribution in [2.45, 2.75) is 51.3 Å². The van der Waals surface area contributed by atoms with Crippen LogP contribution in [0.15, 0.2) is 0 Å². The maximum Gasteiger partial charge on any atom is 0.327 e. The zero-order valence-electron chi connectivity index (χ0n) is 11.7. The molecule has 0 aromatic carbocycles. The second-order valence-corrected chi connectivity index (χ2v) is 7.29. The van der Waals surface area contributed by atoms with Crippen molar-refractivity contribution in [3.63, 3.8) is 0 Å². The van der Waals surface area contributed by atoms with E-state index in [1.165, 1.54) is 6.92 Å². The van der Waals surface area contributed by atoms with Crippen LogP contribution >= 0.6 is 0 Å². The van der Waals surface area contributed by atoms with Gasteiger partial charge in [-0.1, -0.05) is 13.8 Å². The van der Waals surface area contributed by atoms with Gasteiger partial charge in [0.25, 0.3) is 0 Å². The Morgan fingerprint density at radius 1 is 1.32 bits per heavy atom. The Hall–Kier alpha value is -0.910. The fourth-order valence-corrected chi connectivity index (χ4v) is 4.20. The van der Waals surface area contributed by atoms with Crippen molar-refractivity contribution in [2.75, 3.05) is 5.75 Å². The molecule has 1 fully saturated rings. The fourth-order valence-electron chi connectivity index (χ4n) is 2.46. The Kier molecular flexibility index (Phi) is 5.97. The SMILES string of the molecule is CC(=O)N[C@@H](CS(=O)C1CCC(C)C(C)C1)C(=O)O. The average molecular weight is 289 g/mol. The van der Waals surface area contributed by atoms with Gasteiger partial charge in [0, 0.05) is 23.0 Å². The number of amides is 1. The van der Waals surface area contributed by atoms with Crippen LogP contribution in [0.25, 0.3) is 0 Å². The third-order valence-electron chi connectivity index (χ3n) is 3.93. The average Bonchev–Trinajstić information content (AvgIpc) is 2.31. The van der Waals surface area contributed by atoms with Crippen molar-refractivity contribution in [3.8, 4) is 0 Å². The number of nitrogens with one attached hydrogen (secondary N) is 1. The lowest BCUT2D eigenvalue weighted by Crippen LogP contribution is -2.45. The van der Waals surface area contributed by atoms with E-state index in [2.05, 4.69) is 19.2 Å². The molecule has 5 nitrogen and oxygen atoms in total. The molecule has 0 radical (unpaired) electrons. The van der Waals surface area contributed by atoms with Gasteiger partial charge in [0.1, 0.15) is 6.04 Å². The van der Waals surface area contributed by atoms with Crippen LogP contribution in [0.2, 0.25) is 0 Å². The van der Waals surface area contributed by atoms with Crippen LogP contribution in [0, 0.1) is 11.8 Å². The zero-order chi connectivity index (χ0) is 14.6. The molecule has 0 aromatic heterocycles. The highest BCUT2D eigenvalue weighted by Gasteiger charge is 2.31. The molecule has 0 spiro atoms. The summed E-state index contributed by atoms with van der Waals surface area (Å²) in [4.78, 5) is 22.0. The van der Waals surface area contributed by atoms with E-state index in [0.717, 1.165) is 19.3 Å². The first-order valence-electron chi connectivity index (χ1n) is 6.68. The molecule has 1 aliphatic carbocycles. The summed E-state index contributed by atoms with van der Waals surface area (Å²) in [6.45, 7) is 5.61. The predicted molar refractivity (Wildman–Crippen MR) is 74.2 cm³/mol. The number of carbonyl (C=O) groups excluding carboxylic acids is 1. The molecule has 0 aromatic rings. The lowest BCUT2D eigenvalue weighted by molar-refractivity contribution is -0.140. The molecule has 1 rings (SSSR count). The first-order chi connectivity index (χ1) is 8.81. The van der Waals surface area contributed by atoms with E-state index in [-0.39, 0.29) is 11.0 Å². The number of rotatable bonds is 5. The monoisotopic (exact) mass is 289 g/mol. The molecule has 0 bridgehead atoms. The minimum Gasteiger partial charge on any atom is -0.480 e. The van der Waals surface area contributed by atoms with Crippen LogP contribution in [0.3, 0.4) is 0 Å². The van der Waals surface area contributed by atoms with Gasteiger partial charge >= 0.3 is 5.97 Å². The number of aliphatic carboxylic acids is 1. The summed E-state index contributed by atoms with van der Waals surface area (Å²) >= 11 is 0. The number of carboxylic acid groups (broad SMARTS) is 1. The van der Waals surface area contributed by atoms with Gasteiger partial charge in [0.15, 0.2) is 0 Å². The summed E-state index contributed by atoms with van der Waals surface area (Å²) in [6, 6.07) is -1.05. The maximum absolute atomic E-state index is 12.2. The number of hydrogen-bond donors (Lipinski definition) is 2. The summed E-state index contributed by atoms with van der Waals surface area (Å²) in [6.07, 6.45) is 2.79. The van der Waals surface area contributed by atoms with Gasteiger partial charge < -0.3 is 10.4 Å². The Balaban J connectivity index is 2.57. The third-order valence-corrected chi connectivity index (χ3v) is 5.76. The molecule has 0 aliphatic heterocycles. The summed E-state index contributed by atoms with van der Waals surface area (Å²) in [5, 5.41) is 11.4. The van der Waals surface area contributed by atoms with Crippen molar-refractivity contribution < 1.29 is 18.9 Å². The molecule has 0 saturated heterocycles. The number of carbonyl (C=O) groups is 2. The Morgan fingerprint density at radius 3 is 2.42 bits per heavy atom. The first-order valence-corrected chi connectivity index (χ1v) is 8.06. The first kappa shape index (κ1) is 16.1. The van der Waals surface area contributed by atoms with Gasteiger partial charge in [-0.2, -0.15) is 0 Å². The van der Waals surface area contributed by atoms with Crippen LogP contribution in [-0.4, -0.2) is 38.2 Å². The molecule has 5 atom stereocenters. The lowest BCUT2D eigenvalue weighted by Gasteiger charge is -2.32. The molecule has 110 valence electrons. The number of hydrogen-bond acceptors (Lipinski definition) is 3. The minimum atomic E-state index is -1.20. The molecule has 1 aliphatic rings. The summed E-state index contributed by atoms with van der Waals surface area (Å²) < 4.78 is 12.2. The van der Waals surface area contributed by atoms with Gasteiger partial charge in [-0.15, -0.1) is 0 Å². The Bertz CT molecular complexity index is 372. The quantitative estimate of drug-likeness (QED) is 0.795. The van der Waals surface area contributed by atoms with Crippen molar-refractivity contribution >= 4 is 22.7 Å². The van der Waals surface area contributed by atoms with Crippen molar-refractivity contribution in [2.24, 2.45) is 11.8 Å². The van der Waals surface area contributed by atoms with Gasteiger partial charge in [-0.3, -0.25) is 9.00 Å².